The summed E-state index contributed by atoms with van der Waals surface area (Å²) in [5.74, 6) is 0. The average Bonchev–Trinajstić information content (AvgIpc) is 3.16. The molecule has 5 rings (SSSR count). The van der Waals surface area contributed by atoms with Gasteiger partial charge in [0.1, 0.15) is 0 Å². The summed E-state index contributed by atoms with van der Waals surface area (Å²) in [6, 6.07) is 25.3. The fourth-order valence-electron chi connectivity index (χ4n) is 3.93. The molecule has 164 valence electrons. The topological polar surface area (TPSA) is 52.2 Å². The van der Waals surface area contributed by atoms with Crippen molar-refractivity contribution in [3.05, 3.63) is 111 Å². The zero-order valence-corrected chi connectivity index (χ0v) is 19.2. The van der Waals surface area contributed by atoms with Crippen LogP contribution in [0.5, 0.6) is 0 Å². The van der Waals surface area contributed by atoms with Crippen molar-refractivity contribution < 1.29 is 0 Å². The normalized spacial score (nSPS) is 11.2. The molecule has 0 amide bonds. The summed E-state index contributed by atoms with van der Waals surface area (Å²) < 4.78 is 2.86. The Kier molecular flexibility index (Phi) is 5.99. The molecule has 0 atom stereocenters. The predicted molar refractivity (Wildman–Crippen MR) is 133 cm³/mol. The number of rotatable bonds is 6. The Hall–Kier alpha value is -3.41. The van der Waals surface area contributed by atoms with E-state index in [9.17, 15) is 4.79 Å². The molecule has 0 unspecified atom stereocenters. The number of benzene rings is 3. The molecule has 5 nitrogen and oxygen atoms in total. The minimum absolute atomic E-state index is 0.254. The number of fused-ring (bicyclic) bond motifs is 1. The molecule has 5 aromatic rings. The van der Waals surface area contributed by atoms with Crippen LogP contribution < -0.4 is 5.69 Å². The van der Waals surface area contributed by atoms with E-state index in [0.29, 0.717) is 22.2 Å². The average molecular weight is 475 g/mol. The Bertz CT molecular complexity index is 1460. The van der Waals surface area contributed by atoms with Crippen LogP contribution in [0.4, 0.5) is 0 Å². The zero-order valence-electron chi connectivity index (χ0n) is 17.7. The third kappa shape index (κ3) is 4.42. The number of hydrogen-bond donors (Lipinski definition) is 0. The number of aryl methyl sites for hydroxylation is 2. The van der Waals surface area contributed by atoms with Crippen molar-refractivity contribution >= 4 is 28.8 Å². The van der Waals surface area contributed by atoms with Crippen molar-refractivity contribution in [1.82, 2.24) is 19.4 Å². The first kappa shape index (κ1) is 21.4. The van der Waals surface area contributed by atoms with Gasteiger partial charge in [-0.3, -0.25) is 0 Å². The van der Waals surface area contributed by atoms with Crippen molar-refractivity contribution in [3.63, 3.8) is 0 Å². The first-order valence-corrected chi connectivity index (χ1v) is 11.4. The summed E-state index contributed by atoms with van der Waals surface area (Å²) in [5.41, 5.74) is 5.01. The minimum atomic E-state index is -0.254. The molecule has 7 heteroatoms. The summed E-state index contributed by atoms with van der Waals surface area (Å²) in [5, 5.41) is 10.4. The molecule has 0 N–H and O–H groups in total. The Morgan fingerprint density at radius 1 is 0.788 bits per heavy atom. The molecule has 0 bridgehead atoms. The second kappa shape index (κ2) is 9.22. The van der Waals surface area contributed by atoms with Crippen LogP contribution in [0, 0.1) is 0 Å². The molecule has 0 radical (unpaired) electrons. The van der Waals surface area contributed by atoms with Crippen molar-refractivity contribution in [2.24, 2.45) is 0 Å². The fourth-order valence-corrected chi connectivity index (χ4v) is 4.18. The molecular weight excluding hydrogens is 455 g/mol. The predicted octanol–water partition coefficient (Wildman–Crippen LogP) is 6.16. The van der Waals surface area contributed by atoms with Crippen LogP contribution in [-0.4, -0.2) is 19.4 Å². The molecule has 33 heavy (non-hydrogen) atoms. The molecule has 0 saturated carbocycles. The van der Waals surface area contributed by atoms with Crippen molar-refractivity contribution in [2.45, 2.75) is 19.4 Å². The second-order valence-corrected chi connectivity index (χ2v) is 8.65. The number of hydrogen-bond acceptors (Lipinski definition) is 3. The lowest BCUT2D eigenvalue weighted by Crippen LogP contribution is -2.22. The van der Waals surface area contributed by atoms with Crippen molar-refractivity contribution in [1.29, 1.82) is 0 Å². The second-order valence-electron chi connectivity index (χ2n) is 7.78. The Morgan fingerprint density at radius 3 is 2.09 bits per heavy atom. The summed E-state index contributed by atoms with van der Waals surface area (Å²) in [7, 11) is 0. The van der Waals surface area contributed by atoms with E-state index >= 15 is 0 Å². The molecule has 2 heterocycles. The first-order valence-electron chi connectivity index (χ1n) is 10.6. The summed E-state index contributed by atoms with van der Waals surface area (Å²) in [6.45, 7) is 0.507. The van der Waals surface area contributed by atoms with Crippen LogP contribution in [-0.2, 0) is 13.0 Å². The van der Waals surface area contributed by atoms with Crippen LogP contribution in [0.25, 0.3) is 27.9 Å². The van der Waals surface area contributed by atoms with Crippen LogP contribution >= 0.6 is 23.2 Å². The third-order valence-electron chi connectivity index (χ3n) is 5.58. The number of aromatic nitrogens is 4. The lowest BCUT2D eigenvalue weighted by atomic mass is 9.97. The molecule has 0 fully saturated rings. The lowest BCUT2D eigenvalue weighted by Gasteiger charge is -2.11. The van der Waals surface area contributed by atoms with Crippen molar-refractivity contribution in [3.8, 4) is 22.3 Å². The van der Waals surface area contributed by atoms with Crippen LogP contribution in [0.3, 0.4) is 0 Å². The van der Waals surface area contributed by atoms with Crippen LogP contribution in [0.2, 0.25) is 10.0 Å². The lowest BCUT2D eigenvalue weighted by molar-refractivity contribution is 0.557. The van der Waals surface area contributed by atoms with Gasteiger partial charge in [0.2, 0.25) is 0 Å². The number of nitrogens with zero attached hydrogens (tertiary/aromatic N) is 4. The Balaban J connectivity index is 1.59. The van der Waals surface area contributed by atoms with E-state index < -0.39 is 0 Å². The first-order chi connectivity index (χ1) is 16.1. The Morgan fingerprint density at radius 2 is 1.42 bits per heavy atom. The van der Waals surface area contributed by atoms with Gasteiger partial charge in [-0.1, -0.05) is 77.8 Å². The van der Waals surface area contributed by atoms with E-state index in [0.717, 1.165) is 35.1 Å². The van der Waals surface area contributed by atoms with E-state index in [2.05, 4.69) is 17.2 Å². The fraction of sp³-hybridized carbons (Fsp3) is 0.115. The van der Waals surface area contributed by atoms with Gasteiger partial charge in [0.05, 0.1) is 6.20 Å². The maximum atomic E-state index is 13.1. The molecule has 0 aliphatic rings. The van der Waals surface area contributed by atoms with Gasteiger partial charge in [0.15, 0.2) is 5.65 Å². The van der Waals surface area contributed by atoms with E-state index in [-0.39, 0.29) is 5.69 Å². The third-order valence-corrected chi connectivity index (χ3v) is 6.08. The molecule has 2 aromatic heterocycles. The highest BCUT2D eigenvalue weighted by molar-refractivity contribution is 6.31. The summed E-state index contributed by atoms with van der Waals surface area (Å²) in [4.78, 5) is 13.1. The maximum Gasteiger partial charge on any atom is 0.367 e. The summed E-state index contributed by atoms with van der Waals surface area (Å²) in [6.07, 6.45) is 3.38. The van der Waals surface area contributed by atoms with Gasteiger partial charge in [-0.25, -0.2) is 9.48 Å². The smallest absolute Gasteiger partial charge is 0.244 e. The van der Waals surface area contributed by atoms with Gasteiger partial charge in [-0.15, -0.1) is 5.10 Å². The number of halogens is 2. The Labute approximate surface area is 200 Å². The highest BCUT2D eigenvalue weighted by Gasteiger charge is 2.18. The standard InChI is InChI=1S/C26H20Cl2N4O/c27-21-12-8-19(9-13-21)23-17-29-32-25(24(23)20-10-14-22(28)15-11-20)30-31(26(32)33)16-4-7-18-5-2-1-3-6-18/h1-3,5-6,8-15,17H,4,7,16H2. The van der Waals surface area contributed by atoms with Gasteiger partial charge in [0, 0.05) is 27.7 Å². The largest absolute Gasteiger partial charge is 0.367 e. The minimum Gasteiger partial charge on any atom is -0.244 e. The monoisotopic (exact) mass is 474 g/mol. The SMILES string of the molecule is O=c1n(CCCc2ccccc2)nc2c(-c3ccc(Cl)cc3)c(-c3ccc(Cl)cc3)cnn12. The molecule has 0 aliphatic heterocycles. The van der Waals surface area contributed by atoms with Gasteiger partial charge in [-0.2, -0.15) is 9.61 Å². The van der Waals surface area contributed by atoms with Crippen LogP contribution in [0.15, 0.2) is 89.9 Å². The quantitative estimate of drug-likeness (QED) is 0.295. The zero-order chi connectivity index (χ0) is 22.8. The van der Waals surface area contributed by atoms with Gasteiger partial charge < -0.3 is 0 Å². The highest BCUT2D eigenvalue weighted by Crippen LogP contribution is 2.34. The summed E-state index contributed by atoms with van der Waals surface area (Å²) >= 11 is 12.2. The molecular formula is C26H20Cl2N4O. The molecule has 0 spiro atoms. The van der Waals surface area contributed by atoms with Gasteiger partial charge in [0.25, 0.3) is 0 Å². The highest BCUT2D eigenvalue weighted by atomic mass is 35.5. The van der Waals surface area contributed by atoms with Crippen molar-refractivity contribution in [2.75, 3.05) is 0 Å². The van der Waals surface area contributed by atoms with Crippen LogP contribution in [0.1, 0.15) is 12.0 Å². The van der Waals surface area contributed by atoms with Gasteiger partial charge >= 0.3 is 5.69 Å². The van der Waals surface area contributed by atoms with E-state index in [4.69, 9.17) is 28.3 Å². The molecule has 0 aliphatic carbocycles. The van der Waals surface area contributed by atoms with E-state index in [1.807, 2.05) is 66.7 Å². The van der Waals surface area contributed by atoms with Gasteiger partial charge in [-0.05, 0) is 53.8 Å². The molecule has 3 aromatic carbocycles. The maximum absolute atomic E-state index is 13.1. The molecule has 0 saturated heterocycles. The van der Waals surface area contributed by atoms with E-state index in [1.165, 1.54) is 14.8 Å². The van der Waals surface area contributed by atoms with E-state index in [1.54, 1.807) is 6.20 Å².